The molecule has 1 aliphatic rings. The maximum Gasteiger partial charge on any atom is 0.267 e. The number of carbonyl (C=O) groups is 1. The van der Waals surface area contributed by atoms with Gasteiger partial charge in [0, 0.05) is 31.5 Å². The summed E-state index contributed by atoms with van der Waals surface area (Å²) >= 11 is 0. The standard InChI is InChI=1S/C17H22N6O3/c1-11-8-15(25)23(21-12(11)2)10-16(26)22-7-4-13(14(24)9-22)20-17-18-5-3-6-19-17/h3,5-6,8,13-14,24H,4,7,9-10H2,1-2H3,(H,18,19,20)/t13-,14-/m1/s1. The zero-order chi connectivity index (χ0) is 18.7. The fourth-order valence-electron chi connectivity index (χ4n) is 2.88. The van der Waals surface area contributed by atoms with E-state index in [1.807, 2.05) is 0 Å². The second-order valence-electron chi connectivity index (χ2n) is 6.43. The molecule has 0 radical (unpaired) electrons. The lowest BCUT2D eigenvalue weighted by atomic mass is 10.0. The molecule has 1 aliphatic heterocycles. The van der Waals surface area contributed by atoms with E-state index in [0.717, 1.165) is 5.56 Å². The fourth-order valence-corrected chi connectivity index (χ4v) is 2.88. The Bertz CT molecular complexity index is 838. The summed E-state index contributed by atoms with van der Waals surface area (Å²) in [5, 5.41) is 17.6. The average molecular weight is 358 g/mol. The largest absolute Gasteiger partial charge is 0.389 e. The first kappa shape index (κ1) is 18.0. The Labute approximate surface area is 150 Å². The van der Waals surface area contributed by atoms with Gasteiger partial charge in [-0.2, -0.15) is 5.10 Å². The number of aliphatic hydroxyl groups is 1. The molecule has 0 saturated carbocycles. The number of nitrogens with one attached hydrogen (secondary N) is 1. The van der Waals surface area contributed by atoms with Gasteiger partial charge in [-0.25, -0.2) is 14.6 Å². The predicted molar refractivity (Wildman–Crippen MR) is 94.6 cm³/mol. The van der Waals surface area contributed by atoms with Gasteiger partial charge < -0.3 is 15.3 Å². The molecule has 2 aromatic heterocycles. The van der Waals surface area contributed by atoms with Crippen molar-refractivity contribution in [2.45, 2.75) is 39.0 Å². The molecule has 138 valence electrons. The van der Waals surface area contributed by atoms with Crippen molar-refractivity contribution in [3.05, 3.63) is 46.1 Å². The summed E-state index contributed by atoms with van der Waals surface area (Å²) in [6.45, 7) is 4.12. The van der Waals surface area contributed by atoms with E-state index in [4.69, 9.17) is 0 Å². The number of rotatable bonds is 4. The van der Waals surface area contributed by atoms with E-state index in [-0.39, 0.29) is 30.6 Å². The third-order valence-electron chi connectivity index (χ3n) is 4.54. The van der Waals surface area contributed by atoms with Crippen molar-refractivity contribution in [3.8, 4) is 0 Å². The molecule has 0 aromatic carbocycles. The Morgan fingerprint density at radius 3 is 2.77 bits per heavy atom. The lowest BCUT2D eigenvalue weighted by Gasteiger charge is -2.36. The Morgan fingerprint density at radius 1 is 1.35 bits per heavy atom. The highest BCUT2D eigenvalue weighted by Crippen LogP contribution is 2.15. The molecular formula is C17H22N6O3. The molecule has 0 spiro atoms. The molecule has 2 aromatic rings. The van der Waals surface area contributed by atoms with Crippen LogP contribution in [0.1, 0.15) is 17.7 Å². The highest BCUT2D eigenvalue weighted by molar-refractivity contribution is 5.76. The van der Waals surface area contributed by atoms with Crippen molar-refractivity contribution in [3.63, 3.8) is 0 Å². The van der Waals surface area contributed by atoms with Crippen LogP contribution in [0.15, 0.2) is 29.3 Å². The number of hydrogen-bond acceptors (Lipinski definition) is 7. The van der Waals surface area contributed by atoms with Gasteiger partial charge in [0.15, 0.2) is 0 Å². The van der Waals surface area contributed by atoms with E-state index in [1.54, 1.807) is 37.2 Å². The molecule has 0 aliphatic carbocycles. The summed E-state index contributed by atoms with van der Waals surface area (Å²) in [7, 11) is 0. The average Bonchev–Trinajstić information content (AvgIpc) is 2.62. The molecule has 0 unspecified atom stereocenters. The first-order chi connectivity index (χ1) is 12.4. The molecule has 26 heavy (non-hydrogen) atoms. The molecule has 9 nitrogen and oxygen atoms in total. The van der Waals surface area contributed by atoms with Crippen LogP contribution >= 0.6 is 0 Å². The van der Waals surface area contributed by atoms with E-state index in [1.165, 1.54) is 10.7 Å². The van der Waals surface area contributed by atoms with Crippen molar-refractivity contribution in [1.82, 2.24) is 24.6 Å². The van der Waals surface area contributed by atoms with Crippen LogP contribution in [0.2, 0.25) is 0 Å². The van der Waals surface area contributed by atoms with Crippen LogP contribution in [0.5, 0.6) is 0 Å². The molecule has 9 heteroatoms. The number of carbonyl (C=O) groups excluding carboxylic acids is 1. The number of anilines is 1. The molecule has 2 N–H and O–H groups in total. The Balaban J connectivity index is 1.61. The van der Waals surface area contributed by atoms with Crippen LogP contribution in [0.25, 0.3) is 0 Å². The third-order valence-corrected chi connectivity index (χ3v) is 4.54. The van der Waals surface area contributed by atoms with Crippen LogP contribution in [0.4, 0.5) is 5.95 Å². The summed E-state index contributed by atoms with van der Waals surface area (Å²) < 4.78 is 1.17. The second-order valence-corrected chi connectivity index (χ2v) is 6.43. The Morgan fingerprint density at radius 2 is 2.08 bits per heavy atom. The minimum Gasteiger partial charge on any atom is -0.389 e. The van der Waals surface area contributed by atoms with Crippen molar-refractivity contribution in [2.24, 2.45) is 0 Å². The SMILES string of the molecule is Cc1cc(=O)n(CC(=O)N2CC[C@@H](Nc3ncccn3)[C@H](O)C2)nc1C. The predicted octanol–water partition coefficient (Wildman–Crippen LogP) is -0.276. The summed E-state index contributed by atoms with van der Waals surface area (Å²) in [6, 6.07) is 2.95. The van der Waals surface area contributed by atoms with Gasteiger partial charge >= 0.3 is 0 Å². The molecule has 3 rings (SSSR count). The summed E-state index contributed by atoms with van der Waals surface area (Å²) in [6.07, 6.45) is 3.05. The van der Waals surface area contributed by atoms with Crippen LogP contribution in [-0.2, 0) is 11.3 Å². The Kier molecular flexibility index (Phi) is 5.27. The van der Waals surface area contributed by atoms with Gasteiger partial charge in [-0.05, 0) is 31.9 Å². The highest BCUT2D eigenvalue weighted by Gasteiger charge is 2.30. The van der Waals surface area contributed by atoms with Crippen molar-refractivity contribution < 1.29 is 9.90 Å². The van der Waals surface area contributed by atoms with E-state index in [0.29, 0.717) is 24.6 Å². The number of aromatic nitrogens is 4. The van der Waals surface area contributed by atoms with Gasteiger partial charge in [0.1, 0.15) is 6.54 Å². The lowest BCUT2D eigenvalue weighted by molar-refractivity contribution is -0.135. The minimum atomic E-state index is -0.749. The molecule has 2 atom stereocenters. The van der Waals surface area contributed by atoms with Gasteiger partial charge in [-0.15, -0.1) is 0 Å². The van der Waals surface area contributed by atoms with E-state index in [9.17, 15) is 14.7 Å². The topological polar surface area (TPSA) is 113 Å². The number of piperidine rings is 1. The highest BCUT2D eigenvalue weighted by atomic mass is 16.3. The van der Waals surface area contributed by atoms with Crippen molar-refractivity contribution in [1.29, 1.82) is 0 Å². The quantitative estimate of drug-likeness (QED) is 0.773. The minimum absolute atomic E-state index is 0.132. The summed E-state index contributed by atoms with van der Waals surface area (Å²) in [5.41, 5.74) is 1.20. The smallest absolute Gasteiger partial charge is 0.267 e. The van der Waals surface area contributed by atoms with Crippen molar-refractivity contribution in [2.75, 3.05) is 18.4 Å². The molecule has 1 saturated heterocycles. The normalized spacial score (nSPS) is 20.0. The number of hydrogen-bond donors (Lipinski definition) is 2. The maximum absolute atomic E-state index is 12.5. The number of amides is 1. The van der Waals surface area contributed by atoms with Crippen LogP contribution in [0.3, 0.4) is 0 Å². The third kappa shape index (κ3) is 4.05. The summed E-state index contributed by atoms with van der Waals surface area (Å²) in [5.74, 6) is 0.207. The Hall–Kier alpha value is -2.81. The zero-order valence-electron chi connectivity index (χ0n) is 14.8. The number of likely N-dealkylation sites (tertiary alicyclic amines) is 1. The number of aliphatic hydroxyl groups excluding tert-OH is 1. The van der Waals surface area contributed by atoms with E-state index >= 15 is 0 Å². The lowest BCUT2D eigenvalue weighted by Crippen LogP contribution is -2.52. The monoisotopic (exact) mass is 358 g/mol. The van der Waals surface area contributed by atoms with Gasteiger partial charge in [-0.3, -0.25) is 9.59 Å². The molecular weight excluding hydrogens is 336 g/mol. The number of β-amino-alcohol motifs (C(OH)–C–C–N with tert-alkyl or cyclic N) is 1. The van der Waals surface area contributed by atoms with Gasteiger partial charge in [0.2, 0.25) is 11.9 Å². The van der Waals surface area contributed by atoms with Crippen LogP contribution < -0.4 is 10.9 Å². The maximum atomic E-state index is 12.5. The molecule has 0 bridgehead atoms. The molecule has 3 heterocycles. The van der Waals surface area contributed by atoms with E-state index < -0.39 is 6.10 Å². The van der Waals surface area contributed by atoms with Gasteiger partial charge in [0.05, 0.1) is 17.8 Å². The molecule has 1 amide bonds. The number of aryl methyl sites for hydroxylation is 2. The molecule has 1 fully saturated rings. The first-order valence-electron chi connectivity index (χ1n) is 8.49. The van der Waals surface area contributed by atoms with Gasteiger partial charge in [-0.1, -0.05) is 0 Å². The number of nitrogens with zero attached hydrogens (tertiary/aromatic N) is 5. The van der Waals surface area contributed by atoms with Crippen LogP contribution in [0, 0.1) is 13.8 Å². The van der Waals surface area contributed by atoms with Crippen molar-refractivity contribution >= 4 is 11.9 Å². The van der Waals surface area contributed by atoms with Crippen LogP contribution in [-0.4, -0.2) is 60.9 Å². The zero-order valence-corrected chi connectivity index (χ0v) is 14.8. The fraction of sp³-hybridized carbons (Fsp3) is 0.471. The first-order valence-corrected chi connectivity index (χ1v) is 8.49. The second kappa shape index (κ2) is 7.61. The van der Waals surface area contributed by atoms with E-state index in [2.05, 4.69) is 20.4 Å². The summed E-state index contributed by atoms with van der Waals surface area (Å²) in [4.78, 5) is 34.2. The van der Waals surface area contributed by atoms with Gasteiger partial charge in [0.25, 0.3) is 5.56 Å².